The summed E-state index contributed by atoms with van der Waals surface area (Å²) in [6.45, 7) is 0.371. The van der Waals surface area contributed by atoms with Crippen LogP contribution in [-0.4, -0.2) is 41.9 Å². The van der Waals surface area contributed by atoms with Crippen LogP contribution in [0.4, 0.5) is 4.39 Å². The first-order valence-corrected chi connectivity index (χ1v) is 14.2. The maximum absolute atomic E-state index is 13.8. The molecule has 0 unspecified atom stereocenters. The summed E-state index contributed by atoms with van der Waals surface area (Å²) in [4.78, 5) is 27.3. The number of carbonyl (C=O) groups excluding carboxylic acids is 2. The highest BCUT2D eigenvalue weighted by atomic mass is 19.1. The highest BCUT2D eigenvalue weighted by molar-refractivity contribution is 5.97. The van der Waals surface area contributed by atoms with Crippen LogP contribution >= 0.6 is 0 Å². The van der Waals surface area contributed by atoms with Gasteiger partial charge in [-0.25, -0.2) is 9.07 Å². The quantitative estimate of drug-likeness (QED) is 0.256. The van der Waals surface area contributed by atoms with Gasteiger partial charge in [0, 0.05) is 6.54 Å². The molecule has 2 amide bonds. The van der Waals surface area contributed by atoms with E-state index in [4.69, 9.17) is 9.47 Å². The van der Waals surface area contributed by atoms with Gasteiger partial charge in [-0.1, -0.05) is 55.7 Å². The molecule has 5 rings (SSSR count). The number of amides is 2. The summed E-state index contributed by atoms with van der Waals surface area (Å²) < 4.78 is 26.6. The Morgan fingerprint density at radius 3 is 2.24 bits per heavy atom. The highest BCUT2D eigenvalue weighted by Crippen LogP contribution is 2.39. The van der Waals surface area contributed by atoms with Crippen LogP contribution in [0.1, 0.15) is 48.2 Å². The third kappa shape index (κ3) is 6.46. The van der Waals surface area contributed by atoms with Crippen molar-refractivity contribution in [1.29, 1.82) is 0 Å². The maximum atomic E-state index is 13.8. The Morgan fingerprint density at radius 2 is 1.60 bits per heavy atom. The molecule has 4 aromatic rings. The van der Waals surface area contributed by atoms with E-state index >= 15 is 0 Å². The van der Waals surface area contributed by atoms with E-state index in [-0.39, 0.29) is 17.5 Å². The van der Waals surface area contributed by atoms with Crippen molar-refractivity contribution in [3.8, 4) is 28.4 Å². The van der Waals surface area contributed by atoms with Crippen LogP contribution in [0.3, 0.4) is 0 Å². The Balaban J connectivity index is 1.49. The van der Waals surface area contributed by atoms with Crippen molar-refractivity contribution in [2.75, 3.05) is 14.2 Å². The first kappa shape index (κ1) is 28.9. The summed E-state index contributed by atoms with van der Waals surface area (Å²) in [7, 11) is 3.10. The zero-order chi connectivity index (χ0) is 29.5. The van der Waals surface area contributed by atoms with Gasteiger partial charge in [0.05, 0.1) is 31.2 Å². The number of hydrogen-bond acceptors (Lipinski definition) is 5. The summed E-state index contributed by atoms with van der Waals surface area (Å²) >= 11 is 0. The summed E-state index contributed by atoms with van der Waals surface area (Å²) in [6, 6.07) is 21.8. The number of aromatic nitrogens is 2. The summed E-state index contributed by atoms with van der Waals surface area (Å²) in [5.41, 5.74) is 2.74. The maximum Gasteiger partial charge on any atom is 0.272 e. The molecule has 0 saturated heterocycles. The van der Waals surface area contributed by atoms with E-state index in [1.165, 1.54) is 12.1 Å². The predicted molar refractivity (Wildman–Crippen MR) is 158 cm³/mol. The Bertz CT molecular complexity index is 1490. The van der Waals surface area contributed by atoms with Crippen molar-refractivity contribution in [3.05, 3.63) is 95.9 Å². The molecule has 0 bridgehead atoms. The van der Waals surface area contributed by atoms with E-state index in [1.807, 2.05) is 30.3 Å². The van der Waals surface area contributed by atoms with Crippen molar-refractivity contribution in [2.24, 2.45) is 5.92 Å². The van der Waals surface area contributed by atoms with Crippen LogP contribution in [0.5, 0.6) is 11.5 Å². The van der Waals surface area contributed by atoms with Gasteiger partial charge < -0.3 is 20.1 Å². The fraction of sp³-hybridized carbons (Fsp3) is 0.303. The molecule has 1 atom stereocenters. The van der Waals surface area contributed by atoms with Crippen LogP contribution in [0.15, 0.2) is 78.9 Å². The monoisotopic (exact) mass is 570 g/mol. The normalized spacial score (nSPS) is 14.2. The number of nitrogens with zero attached hydrogens (tertiary/aromatic N) is 2. The van der Waals surface area contributed by atoms with Gasteiger partial charge in [0.15, 0.2) is 5.69 Å². The molecular weight excluding hydrogens is 535 g/mol. The minimum Gasteiger partial charge on any atom is -0.496 e. The van der Waals surface area contributed by atoms with E-state index in [1.54, 1.807) is 55.3 Å². The molecule has 8 nitrogen and oxygen atoms in total. The molecule has 1 aliphatic rings. The van der Waals surface area contributed by atoms with Gasteiger partial charge in [-0.15, -0.1) is 0 Å². The second kappa shape index (κ2) is 13.3. The topological polar surface area (TPSA) is 94.5 Å². The van der Waals surface area contributed by atoms with Gasteiger partial charge in [-0.05, 0) is 66.8 Å². The third-order valence-corrected chi connectivity index (χ3v) is 7.70. The highest BCUT2D eigenvalue weighted by Gasteiger charge is 2.32. The van der Waals surface area contributed by atoms with Crippen molar-refractivity contribution >= 4 is 11.8 Å². The molecule has 1 fully saturated rings. The van der Waals surface area contributed by atoms with Gasteiger partial charge in [-0.2, -0.15) is 5.10 Å². The van der Waals surface area contributed by atoms with Crippen molar-refractivity contribution < 1.29 is 23.5 Å². The van der Waals surface area contributed by atoms with Crippen molar-refractivity contribution in [1.82, 2.24) is 20.4 Å². The molecule has 1 heterocycles. The minimum atomic E-state index is -0.707. The molecular formula is C33H35FN4O4. The lowest BCUT2D eigenvalue weighted by Gasteiger charge is -2.30. The lowest BCUT2D eigenvalue weighted by atomic mass is 9.83. The Kier molecular flexibility index (Phi) is 9.16. The average molecular weight is 571 g/mol. The lowest BCUT2D eigenvalue weighted by molar-refractivity contribution is -0.124. The average Bonchev–Trinajstić information content (AvgIpc) is 3.48. The zero-order valence-corrected chi connectivity index (χ0v) is 23.8. The number of halogens is 1. The van der Waals surface area contributed by atoms with Crippen LogP contribution in [0.25, 0.3) is 16.9 Å². The van der Waals surface area contributed by atoms with E-state index in [0.29, 0.717) is 35.0 Å². The fourth-order valence-electron chi connectivity index (χ4n) is 5.53. The molecule has 0 spiro atoms. The third-order valence-electron chi connectivity index (χ3n) is 7.70. The van der Waals surface area contributed by atoms with Crippen molar-refractivity contribution in [2.45, 2.75) is 44.7 Å². The number of nitrogens with one attached hydrogen (secondary N) is 2. The van der Waals surface area contributed by atoms with E-state index in [2.05, 4.69) is 15.7 Å². The van der Waals surface area contributed by atoms with E-state index in [9.17, 15) is 14.0 Å². The SMILES string of the molecule is COc1cccc(OC)c1-c1cc(C(=O)N[C@H](C(=O)NCc2ccccc2)C2CCCCC2)nn1-c1ccc(F)cc1. The van der Waals surface area contributed by atoms with Gasteiger partial charge in [0.2, 0.25) is 5.91 Å². The summed E-state index contributed by atoms with van der Waals surface area (Å²) in [5, 5.41) is 10.6. The number of methoxy groups -OCH3 is 2. The second-order valence-corrected chi connectivity index (χ2v) is 10.4. The van der Waals surface area contributed by atoms with Crippen LogP contribution in [0.2, 0.25) is 0 Å². The number of rotatable bonds is 10. The molecule has 1 aliphatic carbocycles. The Morgan fingerprint density at radius 1 is 0.929 bits per heavy atom. The van der Waals surface area contributed by atoms with E-state index < -0.39 is 17.8 Å². The first-order chi connectivity index (χ1) is 20.5. The Hall–Kier alpha value is -4.66. The Labute approximate surface area is 244 Å². The molecule has 0 aliphatic heterocycles. The predicted octanol–water partition coefficient (Wildman–Crippen LogP) is 5.69. The number of hydrogen-bond donors (Lipinski definition) is 2. The molecule has 2 N–H and O–H groups in total. The minimum absolute atomic E-state index is 0.0199. The molecule has 218 valence electrons. The zero-order valence-electron chi connectivity index (χ0n) is 23.8. The fourth-order valence-corrected chi connectivity index (χ4v) is 5.53. The number of ether oxygens (including phenoxy) is 2. The van der Waals surface area contributed by atoms with Gasteiger partial charge >= 0.3 is 0 Å². The van der Waals surface area contributed by atoms with Gasteiger partial charge in [0.1, 0.15) is 23.4 Å². The van der Waals surface area contributed by atoms with Crippen LogP contribution < -0.4 is 20.1 Å². The molecule has 3 aromatic carbocycles. The standard InChI is InChI=1S/C33H35FN4O4/c1-41-28-14-9-15-29(42-2)30(28)27-20-26(37-38(27)25-18-16-24(34)17-19-25)32(39)36-31(23-12-7-4-8-13-23)33(40)35-21-22-10-5-3-6-11-22/h3,5-6,9-11,14-20,23,31H,4,7-8,12-13,21H2,1-2H3,(H,35,40)(H,36,39)/t31-/m0/s1. The molecule has 9 heteroatoms. The van der Waals surface area contributed by atoms with E-state index in [0.717, 1.165) is 37.7 Å². The van der Waals surface area contributed by atoms with Gasteiger partial charge in [0.25, 0.3) is 5.91 Å². The van der Waals surface area contributed by atoms with Crippen LogP contribution in [-0.2, 0) is 11.3 Å². The number of carbonyl (C=O) groups is 2. The summed E-state index contributed by atoms with van der Waals surface area (Å²) in [5.74, 6) is -0.0291. The first-order valence-electron chi connectivity index (χ1n) is 14.2. The smallest absolute Gasteiger partial charge is 0.272 e. The molecule has 42 heavy (non-hydrogen) atoms. The van der Waals surface area contributed by atoms with Gasteiger partial charge in [-0.3, -0.25) is 9.59 Å². The van der Waals surface area contributed by atoms with Crippen molar-refractivity contribution in [3.63, 3.8) is 0 Å². The molecule has 1 aromatic heterocycles. The molecule has 1 saturated carbocycles. The largest absolute Gasteiger partial charge is 0.496 e. The lowest BCUT2D eigenvalue weighted by Crippen LogP contribution is -2.51. The van der Waals surface area contributed by atoms with Crippen LogP contribution in [0, 0.1) is 11.7 Å². The second-order valence-electron chi connectivity index (χ2n) is 10.4. The molecule has 0 radical (unpaired) electrons. The number of benzene rings is 3. The summed E-state index contributed by atoms with van der Waals surface area (Å²) in [6.07, 6.45) is 4.86.